The van der Waals surface area contributed by atoms with Crippen molar-refractivity contribution < 1.29 is 4.79 Å². The van der Waals surface area contributed by atoms with Crippen molar-refractivity contribution in [1.29, 1.82) is 0 Å². The lowest BCUT2D eigenvalue weighted by Gasteiger charge is -2.12. The Bertz CT molecular complexity index is 1100. The number of anilines is 1. The van der Waals surface area contributed by atoms with E-state index >= 15 is 0 Å². The Morgan fingerprint density at radius 1 is 1.14 bits per heavy atom. The van der Waals surface area contributed by atoms with Crippen molar-refractivity contribution >= 4 is 44.9 Å². The highest BCUT2D eigenvalue weighted by molar-refractivity contribution is 7.99. The summed E-state index contributed by atoms with van der Waals surface area (Å²) < 4.78 is 3.04. The molecule has 0 unspecified atom stereocenters. The standard InChI is InChI=1S/C21H20N4OS2/c1-14-11-15(2)25(24-14)18-9-5-3-7-16(18)22-20(26)12-27-13-21-23-17-8-4-6-10-19(17)28-21/h3-11H,12-13H2,1-2H3,(H,22,26). The van der Waals surface area contributed by atoms with E-state index < -0.39 is 0 Å². The minimum atomic E-state index is -0.0277. The molecule has 1 amide bonds. The van der Waals surface area contributed by atoms with Gasteiger partial charge in [-0.2, -0.15) is 5.10 Å². The number of nitrogens with one attached hydrogen (secondary N) is 1. The Hall–Kier alpha value is -2.64. The van der Waals surface area contributed by atoms with Gasteiger partial charge in [0.25, 0.3) is 0 Å². The fourth-order valence-electron chi connectivity index (χ4n) is 3.04. The average molecular weight is 409 g/mol. The maximum Gasteiger partial charge on any atom is 0.234 e. The molecule has 7 heteroatoms. The van der Waals surface area contributed by atoms with Crippen molar-refractivity contribution in [2.75, 3.05) is 11.1 Å². The van der Waals surface area contributed by atoms with Crippen molar-refractivity contribution in [3.63, 3.8) is 0 Å². The summed E-state index contributed by atoms with van der Waals surface area (Å²) in [6, 6.07) is 17.9. The molecule has 0 aliphatic carbocycles. The van der Waals surface area contributed by atoms with E-state index in [1.54, 1.807) is 23.1 Å². The zero-order chi connectivity index (χ0) is 19.5. The molecular weight excluding hydrogens is 388 g/mol. The molecule has 2 aromatic carbocycles. The van der Waals surface area contributed by atoms with Crippen LogP contribution in [0.5, 0.6) is 0 Å². The van der Waals surface area contributed by atoms with Crippen LogP contribution in [0.2, 0.25) is 0 Å². The van der Waals surface area contributed by atoms with E-state index in [0.717, 1.165) is 39.0 Å². The van der Waals surface area contributed by atoms with Gasteiger partial charge in [0.2, 0.25) is 5.91 Å². The number of thiazole rings is 1. The summed E-state index contributed by atoms with van der Waals surface area (Å²) in [6.45, 7) is 3.97. The van der Waals surface area contributed by atoms with Crippen LogP contribution in [0.4, 0.5) is 5.69 Å². The summed E-state index contributed by atoms with van der Waals surface area (Å²) in [6.07, 6.45) is 0. The summed E-state index contributed by atoms with van der Waals surface area (Å²) in [5.41, 5.74) is 4.64. The van der Waals surface area contributed by atoms with Crippen molar-refractivity contribution in [2.24, 2.45) is 0 Å². The first-order chi connectivity index (χ1) is 13.6. The van der Waals surface area contributed by atoms with E-state index in [1.807, 2.05) is 67.1 Å². The number of aromatic nitrogens is 3. The lowest BCUT2D eigenvalue weighted by molar-refractivity contribution is -0.113. The average Bonchev–Trinajstić information content (AvgIpc) is 3.24. The molecule has 142 valence electrons. The molecule has 0 fully saturated rings. The molecule has 28 heavy (non-hydrogen) atoms. The Labute approximate surface area is 171 Å². The lowest BCUT2D eigenvalue weighted by atomic mass is 10.2. The van der Waals surface area contributed by atoms with Gasteiger partial charge in [0.05, 0.1) is 33.0 Å². The maximum absolute atomic E-state index is 12.5. The number of rotatable bonds is 6. The van der Waals surface area contributed by atoms with Crippen molar-refractivity contribution in [2.45, 2.75) is 19.6 Å². The fraction of sp³-hybridized carbons (Fsp3) is 0.190. The second kappa shape index (κ2) is 8.16. The zero-order valence-electron chi connectivity index (χ0n) is 15.7. The summed E-state index contributed by atoms with van der Waals surface area (Å²) >= 11 is 3.25. The number of para-hydroxylation sites is 3. The number of fused-ring (bicyclic) bond motifs is 1. The molecule has 4 rings (SSSR count). The number of hydrogen-bond acceptors (Lipinski definition) is 5. The third kappa shape index (κ3) is 4.10. The smallest absolute Gasteiger partial charge is 0.234 e. The third-order valence-electron chi connectivity index (χ3n) is 4.21. The molecule has 0 atom stereocenters. The van der Waals surface area contributed by atoms with Gasteiger partial charge in [-0.25, -0.2) is 9.67 Å². The number of carbonyl (C=O) groups excluding carboxylic acids is 1. The van der Waals surface area contributed by atoms with Gasteiger partial charge in [0.15, 0.2) is 0 Å². The van der Waals surface area contributed by atoms with Crippen LogP contribution in [-0.4, -0.2) is 26.4 Å². The minimum absolute atomic E-state index is 0.0277. The molecule has 5 nitrogen and oxygen atoms in total. The molecule has 0 saturated carbocycles. The van der Waals surface area contributed by atoms with E-state index in [2.05, 4.69) is 21.5 Å². The van der Waals surface area contributed by atoms with Crippen LogP contribution < -0.4 is 5.32 Å². The van der Waals surface area contributed by atoms with E-state index in [4.69, 9.17) is 0 Å². The van der Waals surface area contributed by atoms with Crippen molar-refractivity contribution in [3.8, 4) is 5.69 Å². The molecule has 0 bridgehead atoms. The van der Waals surface area contributed by atoms with Gasteiger partial charge in [-0.15, -0.1) is 23.1 Å². The first kappa shape index (κ1) is 18.7. The van der Waals surface area contributed by atoms with Gasteiger partial charge in [0.1, 0.15) is 5.01 Å². The lowest BCUT2D eigenvalue weighted by Crippen LogP contribution is -2.16. The quantitative estimate of drug-likeness (QED) is 0.489. The van der Waals surface area contributed by atoms with Crippen molar-refractivity contribution in [3.05, 3.63) is 71.0 Å². The summed E-state index contributed by atoms with van der Waals surface area (Å²) in [4.78, 5) is 17.1. The molecule has 0 saturated heterocycles. The number of nitrogens with zero attached hydrogens (tertiary/aromatic N) is 3. The number of benzene rings is 2. The van der Waals surface area contributed by atoms with Crippen LogP contribution in [0.3, 0.4) is 0 Å². The number of carbonyl (C=O) groups is 1. The Morgan fingerprint density at radius 2 is 1.93 bits per heavy atom. The molecule has 2 aromatic heterocycles. The number of thioether (sulfide) groups is 1. The Morgan fingerprint density at radius 3 is 2.71 bits per heavy atom. The van der Waals surface area contributed by atoms with Gasteiger partial charge in [0, 0.05) is 11.4 Å². The zero-order valence-corrected chi connectivity index (χ0v) is 17.3. The number of amides is 1. The van der Waals surface area contributed by atoms with Gasteiger partial charge in [-0.05, 0) is 44.2 Å². The maximum atomic E-state index is 12.5. The predicted molar refractivity (Wildman–Crippen MR) is 117 cm³/mol. The van der Waals surface area contributed by atoms with E-state index in [-0.39, 0.29) is 5.91 Å². The fourth-order valence-corrected chi connectivity index (χ4v) is 4.88. The van der Waals surface area contributed by atoms with Crippen LogP contribution in [0.1, 0.15) is 16.4 Å². The van der Waals surface area contributed by atoms with Gasteiger partial charge < -0.3 is 5.32 Å². The van der Waals surface area contributed by atoms with Gasteiger partial charge in [-0.3, -0.25) is 4.79 Å². The second-order valence-corrected chi connectivity index (χ2v) is 8.57. The highest BCUT2D eigenvalue weighted by Crippen LogP contribution is 2.25. The van der Waals surface area contributed by atoms with Gasteiger partial charge in [-0.1, -0.05) is 24.3 Å². The third-order valence-corrected chi connectivity index (χ3v) is 6.38. The molecule has 2 heterocycles. The number of hydrogen-bond donors (Lipinski definition) is 1. The van der Waals surface area contributed by atoms with E-state index in [0.29, 0.717) is 5.75 Å². The van der Waals surface area contributed by atoms with Gasteiger partial charge >= 0.3 is 0 Å². The van der Waals surface area contributed by atoms with Crippen LogP contribution >= 0.6 is 23.1 Å². The highest BCUT2D eigenvalue weighted by atomic mass is 32.2. The molecule has 1 N–H and O–H groups in total. The monoisotopic (exact) mass is 408 g/mol. The summed E-state index contributed by atoms with van der Waals surface area (Å²) in [5, 5.41) is 8.59. The molecular formula is C21H20N4OS2. The highest BCUT2D eigenvalue weighted by Gasteiger charge is 2.12. The minimum Gasteiger partial charge on any atom is -0.323 e. The number of aryl methyl sites for hydroxylation is 2. The van der Waals surface area contributed by atoms with Crippen LogP contribution in [-0.2, 0) is 10.5 Å². The Balaban J connectivity index is 1.39. The Kier molecular flexibility index (Phi) is 5.45. The predicted octanol–water partition coefficient (Wildman–Crippen LogP) is 4.97. The van der Waals surface area contributed by atoms with E-state index in [9.17, 15) is 4.79 Å². The van der Waals surface area contributed by atoms with Crippen molar-refractivity contribution in [1.82, 2.24) is 14.8 Å². The SMILES string of the molecule is Cc1cc(C)n(-c2ccccc2NC(=O)CSCc2nc3ccccc3s2)n1. The molecule has 0 radical (unpaired) electrons. The first-order valence-corrected chi connectivity index (χ1v) is 10.9. The molecule has 4 aromatic rings. The second-order valence-electron chi connectivity index (χ2n) is 6.47. The van der Waals surface area contributed by atoms with Crippen LogP contribution in [0, 0.1) is 13.8 Å². The van der Waals surface area contributed by atoms with Crippen LogP contribution in [0.15, 0.2) is 54.6 Å². The molecule has 0 spiro atoms. The largest absolute Gasteiger partial charge is 0.323 e. The summed E-state index contributed by atoms with van der Waals surface area (Å²) in [7, 11) is 0. The normalized spacial score (nSPS) is 11.1. The first-order valence-electron chi connectivity index (χ1n) is 8.95. The summed E-state index contributed by atoms with van der Waals surface area (Å²) in [5.74, 6) is 1.08. The van der Waals surface area contributed by atoms with E-state index in [1.165, 1.54) is 4.70 Å². The molecule has 0 aliphatic heterocycles. The van der Waals surface area contributed by atoms with Crippen LogP contribution in [0.25, 0.3) is 15.9 Å². The topological polar surface area (TPSA) is 59.8 Å². The molecule has 0 aliphatic rings.